The van der Waals surface area contributed by atoms with Crippen LogP contribution in [0.3, 0.4) is 0 Å². The third-order valence-corrected chi connectivity index (χ3v) is 3.81. The van der Waals surface area contributed by atoms with Crippen LogP contribution in [0.15, 0.2) is 0 Å². The fourth-order valence-corrected chi connectivity index (χ4v) is 2.96. The fourth-order valence-electron chi connectivity index (χ4n) is 2.96. The average Bonchev–Trinajstić information content (AvgIpc) is 2.52. The first kappa shape index (κ1) is 14.0. The highest BCUT2D eigenvalue weighted by molar-refractivity contribution is 4.88. The van der Waals surface area contributed by atoms with Gasteiger partial charge in [0.25, 0.3) is 0 Å². The largest absolute Gasteiger partial charge is 0.315 e. The number of likely N-dealkylation sites (tertiary alicyclic amines) is 1. The van der Waals surface area contributed by atoms with Gasteiger partial charge < -0.3 is 5.32 Å². The predicted molar refractivity (Wildman–Crippen MR) is 71.7 cm³/mol. The van der Waals surface area contributed by atoms with Crippen LogP contribution in [-0.2, 0) is 0 Å². The van der Waals surface area contributed by atoms with Crippen LogP contribution in [0.1, 0.15) is 47.5 Å². The first-order valence-electron chi connectivity index (χ1n) is 7.02. The molecule has 96 valence electrons. The van der Waals surface area contributed by atoms with Crippen LogP contribution in [-0.4, -0.2) is 36.6 Å². The van der Waals surface area contributed by atoms with Gasteiger partial charge in [-0.2, -0.15) is 0 Å². The Morgan fingerprint density at radius 1 is 1.31 bits per heavy atom. The molecule has 3 atom stereocenters. The Balaban J connectivity index is 2.49. The van der Waals surface area contributed by atoms with E-state index in [4.69, 9.17) is 0 Å². The van der Waals surface area contributed by atoms with Crippen LogP contribution in [0.25, 0.3) is 0 Å². The molecule has 0 aromatic carbocycles. The smallest absolute Gasteiger partial charge is 0.0246 e. The maximum atomic E-state index is 3.59. The Bertz CT molecular complexity index is 191. The maximum absolute atomic E-state index is 3.59. The van der Waals surface area contributed by atoms with Gasteiger partial charge >= 0.3 is 0 Å². The van der Waals surface area contributed by atoms with Crippen molar-refractivity contribution in [1.29, 1.82) is 0 Å². The van der Waals surface area contributed by atoms with Gasteiger partial charge in [0.2, 0.25) is 0 Å². The van der Waals surface area contributed by atoms with Crippen LogP contribution >= 0.6 is 0 Å². The third-order valence-electron chi connectivity index (χ3n) is 3.81. The van der Waals surface area contributed by atoms with Crippen molar-refractivity contribution in [2.24, 2.45) is 11.8 Å². The molecule has 0 spiro atoms. The molecule has 16 heavy (non-hydrogen) atoms. The number of nitrogens with one attached hydrogen (secondary N) is 1. The molecule has 3 unspecified atom stereocenters. The Morgan fingerprint density at radius 3 is 2.44 bits per heavy atom. The van der Waals surface area contributed by atoms with E-state index in [2.05, 4.69) is 44.8 Å². The van der Waals surface area contributed by atoms with E-state index in [1.54, 1.807) is 0 Å². The molecule has 0 bridgehead atoms. The molecule has 1 aliphatic heterocycles. The SMILES string of the molecule is CCCNCC(C(C)C)N1CC(C)CC1C. The third kappa shape index (κ3) is 3.74. The summed E-state index contributed by atoms with van der Waals surface area (Å²) in [5.41, 5.74) is 0. The second kappa shape index (κ2) is 6.61. The lowest BCUT2D eigenvalue weighted by atomic mass is 10.0. The highest BCUT2D eigenvalue weighted by Gasteiger charge is 2.32. The zero-order chi connectivity index (χ0) is 12.1. The molecule has 2 nitrogen and oxygen atoms in total. The summed E-state index contributed by atoms with van der Waals surface area (Å²) in [5.74, 6) is 1.62. The van der Waals surface area contributed by atoms with Crippen LogP contribution in [0, 0.1) is 11.8 Å². The minimum Gasteiger partial charge on any atom is -0.315 e. The monoisotopic (exact) mass is 226 g/mol. The van der Waals surface area contributed by atoms with E-state index in [1.165, 1.54) is 19.4 Å². The van der Waals surface area contributed by atoms with Gasteiger partial charge in [0, 0.05) is 25.2 Å². The van der Waals surface area contributed by atoms with E-state index in [1.807, 2.05) is 0 Å². The maximum Gasteiger partial charge on any atom is 0.0246 e. The molecule has 0 amide bonds. The summed E-state index contributed by atoms with van der Waals surface area (Å²) in [4.78, 5) is 2.72. The molecular formula is C14H30N2. The van der Waals surface area contributed by atoms with E-state index >= 15 is 0 Å². The summed E-state index contributed by atoms with van der Waals surface area (Å²) >= 11 is 0. The Labute approximate surface area is 102 Å². The van der Waals surface area contributed by atoms with E-state index in [-0.39, 0.29) is 0 Å². The van der Waals surface area contributed by atoms with E-state index in [9.17, 15) is 0 Å². The van der Waals surface area contributed by atoms with Gasteiger partial charge in [0.1, 0.15) is 0 Å². The van der Waals surface area contributed by atoms with Crippen molar-refractivity contribution < 1.29 is 0 Å². The quantitative estimate of drug-likeness (QED) is 0.701. The molecule has 1 N–H and O–H groups in total. The first-order chi connectivity index (χ1) is 7.56. The normalized spacial score (nSPS) is 28.9. The number of hydrogen-bond acceptors (Lipinski definition) is 2. The lowest BCUT2D eigenvalue weighted by Gasteiger charge is -2.34. The van der Waals surface area contributed by atoms with Crippen molar-refractivity contribution >= 4 is 0 Å². The summed E-state index contributed by atoms with van der Waals surface area (Å²) in [6, 6.07) is 1.48. The standard InChI is InChI=1S/C14H30N2/c1-6-7-15-9-14(11(2)3)16-10-12(4)8-13(16)5/h11-15H,6-10H2,1-5H3. The lowest BCUT2D eigenvalue weighted by molar-refractivity contribution is 0.143. The second-order valence-corrected chi connectivity index (χ2v) is 5.90. The summed E-state index contributed by atoms with van der Waals surface area (Å²) in [6.07, 6.45) is 2.60. The summed E-state index contributed by atoms with van der Waals surface area (Å²) in [6.45, 7) is 15.3. The topological polar surface area (TPSA) is 15.3 Å². The molecule has 0 saturated carbocycles. The highest BCUT2D eigenvalue weighted by Crippen LogP contribution is 2.26. The van der Waals surface area contributed by atoms with Gasteiger partial charge in [-0.15, -0.1) is 0 Å². The summed E-state index contributed by atoms with van der Waals surface area (Å²) in [7, 11) is 0. The Hall–Kier alpha value is -0.0800. The Morgan fingerprint density at radius 2 is 2.00 bits per heavy atom. The van der Waals surface area contributed by atoms with Gasteiger partial charge in [-0.3, -0.25) is 4.90 Å². The van der Waals surface area contributed by atoms with Crippen molar-refractivity contribution in [3.63, 3.8) is 0 Å². The minimum absolute atomic E-state index is 0.714. The number of nitrogens with zero attached hydrogens (tertiary/aromatic N) is 1. The molecule has 0 radical (unpaired) electrons. The van der Waals surface area contributed by atoms with Crippen LogP contribution in [0.2, 0.25) is 0 Å². The van der Waals surface area contributed by atoms with Gasteiger partial charge in [-0.1, -0.05) is 27.7 Å². The Kier molecular flexibility index (Phi) is 5.77. The molecule has 0 aliphatic carbocycles. The zero-order valence-corrected chi connectivity index (χ0v) is 11.8. The zero-order valence-electron chi connectivity index (χ0n) is 11.8. The van der Waals surface area contributed by atoms with Crippen molar-refractivity contribution in [3.8, 4) is 0 Å². The van der Waals surface area contributed by atoms with E-state index in [0.29, 0.717) is 6.04 Å². The van der Waals surface area contributed by atoms with E-state index in [0.717, 1.165) is 31.0 Å². The van der Waals surface area contributed by atoms with Crippen LogP contribution in [0.4, 0.5) is 0 Å². The average molecular weight is 226 g/mol. The molecule has 1 saturated heterocycles. The van der Waals surface area contributed by atoms with Crippen LogP contribution in [0.5, 0.6) is 0 Å². The van der Waals surface area contributed by atoms with Crippen molar-refractivity contribution in [2.75, 3.05) is 19.6 Å². The predicted octanol–water partition coefficient (Wildman–Crippen LogP) is 2.74. The molecule has 1 heterocycles. The molecule has 0 aromatic rings. The van der Waals surface area contributed by atoms with Gasteiger partial charge in [0.05, 0.1) is 0 Å². The molecule has 1 fully saturated rings. The molecular weight excluding hydrogens is 196 g/mol. The lowest BCUT2D eigenvalue weighted by Crippen LogP contribution is -2.47. The number of hydrogen-bond donors (Lipinski definition) is 1. The van der Waals surface area contributed by atoms with Gasteiger partial charge in [-0.05, 0) is 38.1 Å². The first-order valence-corrected chi connectivity index (χ1v) is 7.02. The second-order valence-electron chi connectivity index (χ2n) is 5.90. The number of rotatable bonds is 6. The summed E-state index contributed by atoms with van der Waals surface area (Å²) < 4.78 is 0. The molecule has 1 rings (SSSR count). The highest BCUT2D eigenvalue weighted by atomic mass is 15.2. The van der Waals surface area contributed by atoms with Gasteiger partial charge in [0.15, 0.2) is 0 Å². The summed E-state index contributed by atoms with van der Waals surface area (Å²) in [5, 5.41) is 3.59. The van der Waals surface area contributed by atoms with Crippen LogP contribution < -0.4 is 5.32 Å². The fraction of sp³-hybridized carbons (Fsp3) is 1.00. The van der Waals surface area contributed by atoms with Gasteiger partial charge in [-0.25, -0.2) is 0 Å². The molecule has 2 heteroatoms. The minimum atomic E-state index is 0.714. The molecule has 0 aromatic heterocycles. The van der Waals surface area contributed by atoms with Crippen molar-refractivity contribution in [1.82, 2.24) is 10.2 Å². The van der Waals surface area contributed by atoms with Crippen molar-refractivity contribution in [2.45, 2.75) is 59.5 Å². The van der Waals surface area contributed by atoms with Crippen molar-refractivity contribution in [3.05, 3.63) is 0 Å². The van der Waals surface area contributed by atoms with E-state index < -0.39 is 0 Å². The molecule has 1 aliphatic rings.